The molecule has 0 saturated heterocycles. The quantitative estimate of drug-likeness (QED) is 0.838. The summed E-state index contributed by atoms with van der Waals surface area (Å²) in [6.45, 7) is 1.04. The monoisotopic (exact) mass is 263 g/mol. The zero-order chi connectivity index (χ0) is 13.5. The van der Waals surface area contributed by atoms with Crippen LogP contribution in [0.4, 0.5) is 5.69 Å². The Balaban J connectivity index is 1.81. The molecule has 1 aromatic carbocycles. The molecule has 3 heteroatoms. The minimum absolute atomic E-state index is 0.778. The van der Waals surface area contributed by atoms with Gasteiger partial charge in [-0.25, -0.2) is 0 Å². The zero-order valence-electron chi connectivity index (χ0n) is 12.1. The molecule has 1 N–H and O–H groups in total. The lowest BCUT2D eigenvalue weighted by molar-refractivity contribution is 0.345. The van der Waals surface area contributed by atoms with Gasteiger partial charge in [0.15, 0.2) is 11.5 Å². The van der Waals surface area contributed by atoms with Crippen molar-refractivity contribution in [2.45, 2.75) is 38.5 Å². The molecule has 106 valence electrons. The molecule has 0 atom stereocenters. The molecule has 1 saturated carbocycles. The molecule has 19 heavy (non-hydrogen) atoms. The van der Waals surface area contributed by atoms with E-state index in [0.29, 0.717) is 0 Å². The third-order valence-corrected chi connectivity index (χ3v) is 3.99. The van der Waals surface area contributed by atoms with Crippen LogP contribution in [0.1, 0.15) is 38.5 Å². The second-order valence-corrected chi connectivity index (χ2v) is 5.29. The average Bonchev–Trinajstić information content (AvgIpc) is 2.48. The van der Waals surface area contributed by atoms with Gasteiger partial charge >= 0.3 is 0 Å². The summed E-state index contributed by atoms with van der Waals surface area (Å²) in [6, 6.07) is 5.99. The van der Waals surface area contributed by atoms with E-state index in [2.05, 4.69) is 5.32 Å². The van der Waals surface area contributed by atoms with Gasteiger partial charge in [0.2, 0.25) is 0 Å². The van der Waals surface area contributed by atoms with Gasteiger partial charge in [-0.1, -0.05) is 32.1 Å². The Bertz CT molecular complexity index is 386. The highest BCUT2D eigenvalue weighted by atomic mass is 16.5. The minimum atomic E-state index is 0.778. The lowest BCUT2D eigenvalue weighted by atomic mass is 9.87. The summed E-state index contributed by atoms with van der Waals surface area (Å²) in [7, 11) is 3.33. The lowest BCUT2D eigenvalue weighted by Crippen LogP contribution is -2.12. The molecule has 0 unspecified atom stereocenters. The molecule has 1 fully saturated rings. The van der Waals surface area contributed by atoms with Crippen LogP contribution in [0.5, 0.6) is 11.5 Å². The van der Waals surface area contributed by atoms with Crippen molar-refractivity contribution in [3.8, 4) is 11.5 Å². The Kier molecular flexibility index (Phi) is 5.37. The third kappa shape index (κ3) is 4.05. The second-order valence-electron chi connectivity index (χ2n) is 5.29. The molecule has 1 aliphatic rings. The Morgan fingerprint density at radius 2 is 1.79 bits per heavy atom. The highest BCUT2D eigenvalue weighted by molar-refractivity contribution is 5.54. The maximum atomic E-state index is 5.31. The number of benzene rings is 1. The Labute approximate surface area is 116 Å². The maximum absolute atomic E-state index is 5.31. The van der Waals surface area contributed by atoms with E-state index >= 15 is 0 Å². The van der Waals surface area contributed by atoms with Crippen molar-refractivity contribution in [1.29, 1.82) is 0 Å². The van der Waals surface area contributed by atoms with Gasteiger partial charge in [0.1, 0.15) is 0 Å². The molecule has 3 nitrogen and oxygen atoms in total. The van der Waals surface area contributed by atoms with Gasteiger partial charge in [-0.05, 0) is 24.5 Å². The molecule has 0 spiro atoms. The Morgan fingerprint density at radius 3 is 2.47 bits per heavy atom. The number of rotatable bonds is 6. The summed E-state index contributed by atoms with van der Waals surface area (Å²) in [6.07, 6.45) is 8.36. The molecule has 1 aliphatic carbocycles. The van der Waals surface area contributed by atoms with Crippen LogP contribution in [0.2, 0.25) is 0 Å². The lowest BCUT2D eigenvalue weighted by Gasteiger charge is -2.21. The molecule has 2 rings (SSSR count). The first-order valence-electron chi connectivity index (χ1n) is 7.29. The minimum Gasteiger partial charge on any atom is -0.493 e. The van der Waals surface area contributed by atoms with Crippen molar-refractivity contribution in [3.05, 3.63) is 18.2 Å². The number of anilines is 1. The van der Waals surface area contributed by atoms with Gasteiger partial charge in [-0.3, -0.25) is 0 Å². The molecule has 0 heterocycles. The highest BCUT2D eigenvalue weighted by Crippen LogP contribution is 2.30. The number of nitrogens with one attached hydrogen (secondary N) is 1. The normalized spacial score (nSPS) is 16.1. The molecule has 1 aromatic rings. The fourth-order valence-corrected chi connectivity index (χ4v) is 2.84. The van der Waals surface area contributed by atoms with E-state index in [9.17, 15) is 0 Å². The zero-order valence-corrected chi connectivity index (χ0v) is 12.1. The molecule has 0 bridgehead atoms. The van der Waals surface area contributed by atoms with Crippen molar-refractivity contribution < 1.29 is 9.47 Å². The summed E-state index contributed by atoms with van der Waals surface area (Å²) in [5.74, 6) is 2.48. The van der Waals surface area contributed by atoms with Crippen LogP contribution in [-0.2, 0) is 0 Å². The van der Waals surface area contributed by atoms with Gasteiger partial charge in [-0.2, -0.15) is 0 Å². The van der Waals surface area contributed by atoms with Crippen molar-refractivity contribution in [1.82, 2.24) is 0 Å². The number of methoxy groups -OCH3 is 2. The average molecular weight is 263 g/mol. The van der Waals surface area contributed by atoms with Crippen LogP contribution in [0.15, 0.2) is 18.2 Å². The van der Waals surface area contributed by atoms with E-state index in [4.69, 9.17) is 9.47 Å². The van der Waals surface area contributed by atoms with Gasteiger partial charge in [0, 0.05) is 18.3 Å². The first-order valence-corrected chi connectivity index (χ1v) is 7.29. The van der Waals surface area contributed by atoms with Gasteiger partial charge < -0.3 is 14.8 Å². The van der Waals surface area contributed by atoms with E-state index in [1.54, 1.807) is 14.2 Å². The Morgan fingerprint density at radius 1 is 1.05 bits per heavy atom. The molecule has 0 amide bonds. The molecule has 0 radical (unpaired) electrons. The van der Waals surface area contributed by atoms with E-state index in [0.717, 1.165) is 29.6 Å². The van der Waals surface area contributed by atoms with E-state index in [-0.39, 0.29) is 0 Å². The molecule has 0 aromatic heterocycles. The smallest absolute Gasteiger partial charge is 0.162 e. The summed E-state index contributed by atoms with van der Waals surface area (Å²) in [4.78, 5) is 0. The van der Waals surface area contributed by atoms with Crippen molar-refractivity contribution in [2.24, 2.45) is 5.92 Å². The maximum Gasteiger partial charge on any atom is 0.162 e. The van der Waals surface area contributed by atoms with E-state index in [1.165, 1.54) is 38.5 Å². The highest BCUT2D eigenvalue weighted by Gasteiger charge is 2.12. The van der Waals surface area contributed by atoms with Crippen LogP contribution in [-0.4, -0.2) is 20.8 Å². The fraction of sp³-hybridized carbons (Fsp3) is 0.625. The topological polar surface area (TPSA) is 30.5 Å². The van der Waals surface area contributed by atoms with Gasteiger partial charge in [-0.15, -0.1) is 0 Å². The largest absolute Gasteiger partial charge is 0.493 e. The fourth-order valence-electron chi connectivity index (χ4n) is 2.84. The van der Waals surface area contributed by atoms with Crippen LogP contribution in [0.25, 0.3) is 0 Å². The summed E-state index contributed by atoms with van der Waals surface area (Å²) < 4.78 is 10.5. The summed E-state index contributed by atoms with van der Waals surface area (Å²) in [5, 5.41) is 3.48. The van der Waals surface area contributed by atoms with Crippen molar-refractivity contribution in [3.63, 3.8) is 0 Å². The molecule has 0 aliphatic heterocycles. The van der Waals surface area contributed by atoms with Crippen LogP contribution >= 0.6 is 0 Å². The number of hydrogen-bond acceptors (Lipinski definition) is 3. The third-order valence-electron chi connectivity index (χ3n) is 3.99. The van der Waals surface area contributed by atoms with Gasteiger partial charge in [0.05, 0.1) is 14.2 Å². The first-order chi connectivity index (χ1) is 9.33. The predicted octanol–water partition coefficient (Wildman–Crippen LogP) is 4.09. The number of ether oxygens (including phenoxy) is 2. The van der Waals surface area contributed by atoms with Crippen LogP contribution in [0, 0.1) is 5.92 Å². The van der Waals surface area contributed by atoms with Gasteiger partial charge in [0.25, 0.3) is 0 Å². The van der Waals surface area contributed by atoms with Crippen LogP contribution < -0.4 is 14.8 Å². The first kappa shape index (κ1) is 14.0. The molecular weight excluding hydrogens is 238 g/mol. The second kappa shape index (κ2) is 7.27. The SMILES string of the molecule is COc1ccc(NCCC2CCCCC2)cc1OC. The number of hydrogen-bond donors (Lipinski definition) is 1. The van der Waals surface area contributed by atoms with Crippen molar-refractivity contribution >= 4 is 5.69 Å². The van der Waals surface area contributed by atoms with Crippen LogP contribution in [0.3, 0.4) is 0 Å². The Hall–Kier alpha value is -1.38. The summed E-state index contributed by atoms with van der Waals surface area (Å²) in [5.41, 5.74) is 1.11. The summed E-state index contributed by atoms with van der Waals surface area (Å²) >= 11 is 0. The van der Waals surface area contributed by atoms with Crippen molar-refractivity contribution in [2.75, 3.05) is 26.1 Å². The molecular formula is C16H25NO2. The standard InChI is InChI=1S/C16H25NO2/c1-18-15-9-8-14(12-16(15)19-2)17-11-10-13-6-4-3-5-7-13/h8-9,12-13,17H,3-7,10-11H2,1-2H3. The predicted molar refractivity (Wildman–Crippen MR) is 79.2 cm³/mol. The van der Waals surface area contributed by atoms with E-state index < -0.39 is 0 Å². The van der Waals surface area contributed by atoms with E-state index in [1.807, 2.05) is 18.2 Å².